The minimum absolute atomic E-state index is 0.00904. The zero-order chi connectivity index (χ0) is 15.5. The van der Waals surface area contributed by atoms with Crippen LogP contribution in [0, 0.1) is 0 Å². The molecular weight excluding hydrogens is 303 g/mol. The Morgan fingerprint density at radius 2 is 1.89 bits per heavy atom. The van der Waals surface area contributed by atoms with Crippen LogP contribution in [-0.2, 0) is 14.4 Å². The van der Waals surface area contributed by atoms with Crippen molar-refractivity contribution in [1.29, 1.82) is 0 Å². The molecule has 0 radical (unpaired) electrons. The van der Waals surface area contributed by atoms with Crippen LogP contribution in [0.25, 0.3) is 0 Å². The summed E-state index contributed by atoms with van der Waals surface area (Å²) in [6.45, 7) is 5.60. The second-order valence-electron chi connectivity index (χ2n) is 4.65. The van der Waals surface area contributed by atoms with E-state index in [0.717, 1.165) is 0 Å². The van der Waals surface area contributed by atoms with Gasteiger partial charge in [-0.25, -0.2) is 0 Å². The number of rotatable bonds is 6. The summed E-state index contributed by atoms with van der Waals surface area (Å²) in [5.74, 6) is -1.29. The topological polar surface area (TPSA) is 78.8 Å². The van der Waals surface area contributed by atoms with Crippen molar-refractivity contribution in [3.05, 3.63) is 0 Å². The van der Waals surface area contributed by atoms with Crippen LogP contribution in [0.4, 0.5) is 13.2 Å². The number of sulfonamides is 1. The van der Waals surface area contributed by atoms with Gasteiger partial charge in [0.1, 0.15) is 0 Å². The Morgan fingerprint density at radius 1 is 1.42 bits per heavy atom. The maximum absolute atomic E-state index is 12.0. The fraction of sp³-hybridized carbons (Fsp3) is 0.889. The van der Waals surface area contributed by atoms with E-state index in [1.165, 1.54) is 7.11 Å². The highest BCUT2D eigenvalue weighted by atomic mass is 32.2. The first-order valence-corrected chi connectivity index (χ1v) is 9.88. The Balaban J connectivity index is 4.70. The lowest BCUT2D eigenvalue weighted by molar-refractivity contribution is -0.218. The second-order valence-corrected chi connectivity index (χ2v) is 10.8. The third kappa shape index (κ3) is 5.49. The van der Waals surface area contributed by atoms with Gasteiger partial charge in [0.2, 0.25) is 0 Å². The Hall–Kier alpha value is -0.613. The van der Waals surface area contributed by atoms with Crippen LogP contribution in [0.3, 0.4) is 0 Å². The maximum atomic E-state index is 12.0. The molecule has 0 aromatic heterocycles. The van der Waals surface area contributed by atoms with Crippen molar-refractivity contribution in [2.24, 2.45) is 4.40 Å². The fourth-order valence-corrected chi connectivity index (χ4v) is 2.82. The zero-order valence-corrected chi connectivity index (χ0v) is 12.9. The lowest BCUT2D eigenvalue weighted by atomic mass is 10.2. The van der Waals surface area contributed by atoms with E-state index < -0.39 is 29.7 Å². The van der Waals surface area contributed by atoms with Gasteiger partial charge >= 0.3 is 15.5 Å². The van der Waals surface area contributed by atoms with Crippen molar-refractivity contribution in [2.45, 2.75) is 43.9 Å². The number of alkyl halides is 3. The number of hydrogen-bond acceptors (Lipinski definition) is 4. The summed E-state index contributed by atoms with van der Waals surface area (Å²) in [6, 6.07) is 0. The van der Waals surface area contributed by atoms with E-state index in [1.807, 2.05) is 13.1 Å². The van der Waals surface area contributed by atoms with Crippen molar-refractivity contribution in [3.63, 3.8) is 0 Å². The number of hydrogen-bond donors (Lipinski definition) is 0. The number of nitrogens with zero attached hydrogens (tertiary/aromatic N) is 1. The summed E-state index contributed by atoms with van der Waals surface area (Å²) in [5.41, 5.74) is -5.54. The van der Waals surface area contributed by atoms with E-state index in [9.17, 15) is 26.7 Å². The standard InChI is InChI=1S/C9H18F3NO4SSi/c1-7(19(3,4)17-2)5-6-8(14)13-18(15,16)9(10,11)12/h7H,5-6H2,1-4H3,(H,13,14)/p-1. The molecule has 10 heteroatoms. The molecule has 0 aromatic carbocycles. The van der Waals surface area contributed by atoms with Gasteiger partial charge in [0.25, 0.3) is 0 Å². The van der Waals surface area contributed by atoms with Gasteiger partial charge in [-0.3, -0.25) is 0 Å². The predicted molar refractivity (Wildman–Crippen MR) is 65.6 cm³/mol. The highest BCUT2D eigenvalue weighted by Crippen LogP contribution is 2.27. The van der Waals surface area contributed by atoms with Crippen molar-refractivity contribution in [2.75, 3.05) is 7.11 Å². The van der Waals surface area contributed by atoms with E-state index in [4.69, 9.17) is 4.43 Å². The molecule has 1 unspecified atom stereocenters. The molecule has 0 spiro atoms. The molecule has 0 heterocycles. The van der Waals surface area contributed by atoms with Gasteiger partial charge in [-0.15, -0.1) is 0 Å². The van der Waals surface area contributed by atoms with E-state index in [0.29, 0.717) is 0 Å². The van der Waals surface area contributed by atoms with Gasteiger partial charge in [0.05, 0.1) is 0 Å². The van der Waals surface area contributed by atoms with Gasteiger partial charge < -0.3 is 9.53 Å². The van der Waals surface area contributed by atoms with Crippen LogP contribution in [0.5, 0.6) is 0 Å². The molecule has 1 atom stereocenters. The van der Waals surface area contributed by atoms with E-state index in [1.54, 1.807) is 6.92 Å². The third-order valence-electron chi connectivity index (χ3n) is 3.02. The minimum atomic E-state index is -5.73. The van der Waals surface area contributed by atoms with Crippen LogP contribution in [0.1, 0.15) is 19.8 Å². The monoisotopic (exact) mass is 320 g/mol. The maximum Gasteiger partial charge on any atom is 0.518 e. The lowest BCUT2D eigenvalue weighted by Crippen LogP contribution is -2.34. The SMILES string of the molecule is CO[Si](C)(C)C(C)CC/C([O-])=N\S(=O)(=O)C(F)(F)F. The van der Waals surface area contributed by atoms with Crippen LogP contribution in [0.15, 0.2) is 4.40 Å². The van der Waals surface area contributed by atoms with Gasteiger partial charge in [0, 0.05) is 7.11 Å². The Kier molecular flexibility index (Phi) is 6.02. The lowest BCUT2D eigenvalue weighted by Gasteiger charge is -2.28. The predicted octanol–water partition coefficient (Wildman–Crippen LogP) is 1.62. The Bertz CT molecular complexity index is 433. The van der Waals surface area contributed by atoms with Crippen LogP contribution in [-0.4, -0.2) is 35.3 Å². The van der Waals surface area contributed by atoms with Crippen molar-refractivity contribution >= 4 is 24.2 Å². The average Bonchev–Trinajstić information content (AvgIpc) is 2.23. The second kappa shape index (κ2) is 6.22. The molecule has 5 nitrogen and oxygen atoms in total. The molecule has 19 heavy (non-hydrogen) atoms. The summed E-state index contributed by atoms with van der Waals surface area (Å²) in [7, 11) is -6.21. The normalized spacial score (nSPS) is 16.5. The molecule has 0 saturated heterocycles. The summed E-state index contributed by atoms with van der Waals surface area (Å²) in [6.07, 6.45) is -0.112. The number of halogens is 3. The molecular formula is C9H17F3NO4SSi-. The largest absolute Gasteiger partial charge is 0.861 e. The first kappa shape index (κ1) is 18.4. The van der Waals surface area contributed by atoms with E-state index >= 15 is 0 Å². The van der Waals surface area contributed by atoms with Gasteiger partial charge in [-0.05, 0) is 37.4 Å². The molecule has 0 saturated carbocycles. The molecule has 0 bridgehead atoms. The Labute approximate surface area is 111 Å². The molecule has 0 N–H and O–H groups in total. The summed E-state index contributed by atoms with van der Waals surface area (Å²) >= 11 is 0. The van der Waals surface area contributed by atoms with Crippen molar-refractivity contribution < 1.29 is 31.1 Å². The van der Waals surface area contributed by atoms with Crippen LogP contribution < -0.4 is 5.11 Å². The summed E-state index contributed by atoms with van der Waals surface area (Å²) < 4.78 is 64.8. The Morgan fingerprint density at radius 3 is 2.26 bits per heavy atom. The average molecular weight is 320 g/mol. The zero-order valence-electron chi connectivity index (χ0n) is 11.1. The van der Waals surface area contributed by atoms with Crippen LogP contribution in [0.2, 0.25) is 18.6 Å². The minimum Gasteiger partial charge on any atom is -0.861 e. The van der Waals surface area contributed by atoms with Gasteiger partial charge in [0.15, 0.2) is 8.32 Å². The summed E-state index contributed by atoms with van der Waals surface area (Å²) in [4.78, 5) is 0. The van der Waals surface area contributed by atoms with Gasteiger partial charge in [-0.2, -0.15) is 26.0 Å². The van der Waals surface area contributed by atoms with Crippen LogP contribution >= 0.6 is 0 Å². The molecule has 0 amide bonds. The molecule has 0 aromatic rings. The molecule has 114 valence electrons. The van der Waals surface area contributed by atoms with E-state index in [2.05, 4.69) is 4.40 Å². The molecule has 0 aliphatic carbocycles. The molecule has 0 aliphatic rings. The first-order valence-electron chi connectivity index (χ1n) is 5.45. The van der Waals surface area contributed by atoms with E-state index in [-0.39, 0.29) is 18.4 Å². The molecule has 0 rings (SSSR count). The molecule has 0 fully saturated rings. The van der Waals surface area contributed by atoms with Crippen molar-refractivity contribution in [1.82, 2.24) is 0 Å². The quantitative estimate of drug-likeness (QED) is 0.423. The van der Waals surface area contributed by atoms with Gasteiger partial charge in [-0.1, -0.05) is 6.92 Å². The smallest absolute Gasteiger partial charge is 0.518 e. The first-order chi connectivity index (χ1) is 8.33. The summed E-state index contributed by atoms with van der Waals surface area (Å²) in [5, 5.41) is 11.2. The highest BCUT2D eigenvalue weighted by Gasteiger charge is 2.45. The molecule has 0 aliphatic heterocycles. The fourth-order valence-electron chi connectivity index (χ4n) is 1.12. The highest BCUT2D eigenvalue weighted by molar-refractivity contribution is 7.91. The van der Waals surface area contributed by atoms with Crippen molar-refractivity contribution in [3.8, 4) is 0 Å². The third-order valence-corrected chi connectivity index (χ3v) is 7.76.